The van der Waals surface area contributed by atoms with Crippen LogP contribution in [0.3, 0.4) is 0 Å². The predicted octanol–water partition coefficient (Wildman–Crippen LogP) is 2.61. The van der Waals surface area contributed by atoms with E-state index in [0.29, 0.717) is 11.7 Å². The summed E-state index contributed by atoms with van der Waals surface area (Å²) in [5.41, 5.74) is 2.61. The Morgan fingerprint density at radius 1 is 1.26 bits per heavy atom. The van der Waals surface area contributed by atoms with E-state index < -0.39 is 0 Å². The number of nitrogens with zero attached hydrogens (tertiary/aromatic N) is 4. The highest BCUT2D eigenvalue weighted by Crippen LogP contribution is 2.34. The summed E-state index contributed by atoms with van der Waals surface area (Å²) < 4.78 is 9.62. The third-order valence-corrected chi connectivity index (χ3v) is 3.62. The van der Waals surface area contributed by atoms with Gasteiger partial charge in [-0.1, -0.05) is 5.16 Å². The molecule has 0 spiro atoms. The minimum absolute atomic E-state index is 0.474. The Morgan fingerprint density at radius 3 is 2.79 bits per heavy atom. The highest BCUT2D eigenvalue weighted by molar-refractivity contribution is 7.10. The second-order valence-electron chi connectivity index (χ2n) is 3.88. The van der Waals surface area contributed by atoms with E-state index in [1.54, 1.807) is 12.4 Å². The smallest absolute Gasteiger partial charge is 0.263 e. The first-order chi connectivity index (χ1) is 9.29. The van der Waals surface area contributed by atoms with Gasteiger partial charge in [0.2, 0.25) is 5.82 Å². The van der Waals surface area contributed by atoms with Crippen LogP contribution in [0.2, 0.25) is 0 Å². The molecule has 19 heavy (non-hydrogen) atoms. The fourth-order valence-corrected chi connectivity index (χ4v) is 2.47. The Labute approximate surface area is 113 Å². The normalized spacial score (nSPS) is 10.6. The predicted molar refractivity (Wildman–Crippen MR) is 72.9 cm³/mol. The number of anilines is 1. The molecule has 0 unspecified atom stereocenters. The zero-order valence-corrected chi connectivity index (χ0v) is 11.2. The number of aromatic nitrogens is 4. The molecule has 0 saturated carbocycles. The van der Waals surface area contributed by atoms with Crippen molar-refractivity contribution in [2.24, 2.45) is 0 Å². The van der Waals surface area contributed by atoms with E-state index in [-0.39, 0.29) is 0 Å². The maximum atomic E-state index is 5.33. The summed E-state index contributed by atoms with van der Waals surface area (Å²) in [6, 6.07) is 3.68. The van der Waals surface area contributed by atoms with Crippen molar-refractivity contribution in [3.8, 4) is 22.8 Å². The lowest BCUT2D eigenvalue weighted by Gasteiger charge is -1.96. The average molecular weight is 273 g/mol. The molecule has 0 aromatic carbocycles. The molecule has 1 N–H and O–H groups in total. The molecule has 96 valence electrons. The molecular weight excluding hydrogens is 262 g/mol. The number of aryl methyl sites for hydroxylation is 1. The Balaban J connectivity index is 2.04. The largest absolute Gasteiger partial charge is 0.378 e. The van der Waals surface area contributed by atoms with Crippen molar-refractivity contribution in [2.75, 3.05) is 12.4 Å². The fraction of sp³-hybridized carbons (Fsp3) is 0.167. The summed E-state index contributed by atoms with van der Waals surface area (Å²) in [5.74, 6) is 1.02. The molecule has 0 amide bonds. The molecule has 0 bridgehead atoms. The van der Waals surface area contributed by atoms with Gasteiger partial charge in [0.25, 0.3) is 5.89 Å². The third kappa shape index (κ3) is 2.08. The fourth-order valence-electron chi connectivity index (χ4n) is 1.74. The maximum Gasteiger partial charge on any atom is 0.263 e. The van der Waals surface area contributed by atoms with Crippen molar-refractivity contribution >= 4 is 16.5 Å². The van der Waals surface area contributed by atoms with Crippen LogP contribution in [0.5, 0.6) is 0 Å². The lowest BCUT2D eigenvalue weighted by Crippen LogP contribution is -1.88. The standard InChI is InChI=1S/C12H11N5OS/c1-7-9(12(13-2)19-17-7)11-15-10(16-18-11)8-3-5-14-6-4-8/h3-6,13H,1-2H3. The number of nitrogens with one attached hydrogen (secondary N) is 1. The van der Waals surface area contributed by atoms with Crippen LogP contribution in [0, 0.1) is 6.92 Å². The van der Waals surface area contributed by atoms with Crippen LogP contribution in [0.4, 0.5) is 5.00 Å². The van der Waals surface area contributed by atoms with E-state index in [1.165, 1.54) is 11.5 Å². The zero-order valence-electron chi connectivity index (χ0n) is 10.4. The van der Waals surface area contributed by atoms with Crippen LogP contribution >= 0.6 is 11.5 Å². The molecule has 3 aromatic rings. The van der Waals surface area contributed by atoms with Crippen molar-refractivity contribution < 1.29 is 4.52 Å². The molecule has 6 nitrogen and oxygen atoms in total. The SMILES string of the molecule is CNc1snc(C)c1-c1nc(-c2ccncc2)no1. The van der Waals surface area contributed by atoms with E-state index >= 15 is 0 Å². The van der Waals surface area contributed by atoms with Gasteiger partial charge < -0.3 is 9.84 Å². The van der Waals surface area contributed by atoms with E-state index in [1.807, 2.05) is 26.1 Å². The minimum atomic E-state index is 0.474. The van der Waals surface area contributed by atoms with Gasteiger partial charge >= 0.3 is 0 Å². The molecule has 0 saturated heterocycles. The summed E-state index contributed by atoms with van der Waals surface area (Å²) in [6.45, 7) is 1.92. The number of hydrogen-bond donors (Lipinski definition) is 1. The summed E-state index contributed by atoms with van der Waals surface area (Å²) in [6.07, 6.45) is 3.39. The Hall–Kier alpha value is -2.28. The highest BCUT2D eigenvalue weighted by atomic mass is 32.1. The zero-order chi connectivity index (χ0) is 13.2. The van der Waals surface area contributed by atoms with Gasteiger partial charge in [0.1, 0.15) is 5.00 Å². The van der Waals surface area contributed by atoms with Crippen molar-refractivity contribution in [3.05, 3.63) is 30.2 Å². The van der Waals surface area contributed by atoms with Crippen LogP contribution in [0.1, 0.15) is 5.69 Å². The van der Waals surface area contributed by atoms with E-state index in [0.717, 1.165) is 21.8 Å². The van der Waals surface area contributed by atoms with Crippen molar-refractivity contribution in [3.63, 3.8) is 0 Å². The van der Waals surface area contributed by atoms with Crippen molar-refractivity contribution in [1.82, 2.24) is 19.5 Å². The molecule has 7 heteroatoms. The van der Waals surface area contributed by atoms with Crippen LogP contribution < -0.4 is 5.32 Å². The summed E-state index contributed by atoms with van der Waals surface area (Å²) in [5, 5.41) is 8.00. The lowest BCUT2D eigenvalue weighted by molar-refractivity contribution is 0.432. The molecule has 0 atom stereocenters. The Kier molecular flexibility index (Phi) is 2.96. The number of rotatable bonds is 3. The van der Waals surface area contributed by atoms with Crippen molar-refractivity contribution in [2.45, 2.75) is 6.92 Å². The molecule has 0 aliphatic carbocycles. The first-order valence-electron chi connectivity index (χ1n) is 5.68. The molecular formula is C12H11N5OS. The molecule has 3 heterocycles. The van der Waals surface area contributed by atoms with Gasteiger partial charge in [0.15, 0.2) is 0 Å². The van der Waals surface area contributed by atoms with Crippen LogP contribution in [0.15, 0.2) is 29.0 Å². The van der Waals surface area contributed by atoms with E-state index in [4.69, 9.17) is 4.52 Å². The van der Waals surface area contributed by atoms with Gasteiger partial charge in [-0.15, -0.1) is 0 Å². The van der Waals surface area contributed by atoms with Crippen LogP contribution in [-0.4, -0.2) is 26.5 Å². The highest BCUT2D eigenvalue weighted by Gasteiger charge is 2.18. The monoisotopic (exact) mass is 273 g/mol. The molecule has 3 rings (SSSR count). The second kappa shape index (κ2) is 4.77. The first-order valence-corrected chi connectivity index (χ1v) is 6.45. The van der Waals surface area contributed by atoms with Crippen LogP contribution in [-0.2, 0) is 0 Å². The van der Waals surface area contributed by atoms with Crippen LogP contribution in [0.25, 0.3) is 22.8 Å². The van der Waals surface area contributed by atoms with E-state index in [2.05, 4.69) is 24.8 Å². The van der Waals surface area contributed by atoms with Gasteiger partial charge in [0, 0.05) is 25.0 Å². The molecule has 0 radical (unpaired) electrons. The van der Waals surface area contributed by atoms with Crippen molar-refractivity contribution in [1.29, 1.82) is 0 Å². The third-order valence-electron chi connectivity index (χ3n) is 2.67. The Morgan fingerprint density at radius 2 is 2.05 bits per heavy atom. The summed E-state index contributed by atoms with van der Waals surface area (Å²) in [4.78, 5) is 8.38. The van der Waals surface area contributed by atoms with Gasteiger partial charge in [-0.2, -0.15) is 9.36 Å². The molecule has 0 aliphatic rings. The molecule has 0 fully saturated rings. The number of pyridine rings is 1. The van der Waals surface area contributed by atoms with E-state index in [9.17, 15) is 0 Å². The maximum absolute atomic E-state index is 5.33. The first kappa shape index (κ1) is 11.8. The number of hydrogen-bond acceptors (Lipinski definition) is 7. The van der Waals surface area contributed by atoms with Gasteiger partial charge in [-0.3, -0.25) is 4.98 Å². The van der Waals surface area contributed by atoms with Gasteiger partial charge in [0.05, 0.1) is 11.3 Å². The minimum Gasteiger partial charge on any atom is -0.378 e. The van der Waals surface area contributed by atoms with Gasteiger partial charge in [-0.25, -0.2) is 0 Å². The average Bonchev–Trinajstić information content (AvgIpc) is 3.05. The molecule has 3 aromatic heterocycles. The summed E-state index contributed by atoms with van der Waals surface area (Å²) in [7, 11) is 1.84. The van der Waals surface area contributed by atoms with Gasteiger partial charge in [-0.05, 0) is 30.6 Å². The Bertz CT molecular complexity index is 691. The summed E-state index contributed by atoms with van der Waals surface area (Å²) >= 11 is 1.38. The second-order valence-corrected chi connectivity index (χ2v) is 4.65. The lowest BCUT2D eigenvalue weighted by atomic mass is 10.2. The topological polar surface area (TPSA) is 76.7 Å². The quantitative estimate of drug-likeness (QED) is 0.790. The molecule has 0 aliphatic heterocycles.